The Balaban J connectivity index is 3.13. The molecule has 0 bridgehead atoms. The smallest absolute Gasteiger partial charge is 0.305 e. The molecular weight excluding hydrogens is 244 g/mol. The molecule has 0 saturated carbocycles. The molecule has 0 radical (unpaired) electrons. The zero-order chi connectivity index (χ0) is 14.3. The van der Waals surface area contributed by atoms with Crippen LogP contribution in [-0.2, 0) is 14.3 Å². The number of carboxylic acid groups (broad SMARTS) is 1. The fourth-order valence-corrected chi connectivity index (χ4v) is 1.83. The van der Waals surface area contributed by atoms with E-state index in [0.717, 1.165) is 57.8 Å². The van der Waals surface area contributed by atoms with Gasteiger partial charge in [-0.15, -0.1) is 0 Å². The SMILES string of the molecule is CCCCOC(=O)CCCCCCCCCC(=O)O. The summed E-state index contributed by atoms with van der Waals surface area (Å²) in [4.78, 5) is 21.6. The maximum absolute atomic E-state index is 11.3. The van der Waals surface area contributed by atoms with Gasteiger partial charge < -0.3 is 9.84 Å². The van der Waals surface area contributed by atoms with Gasteiger partial charge in [-0.25, -0.2) is 0 Å². The molecule has 4 nitrogen and oxygen atoms in total. The quantitative estimate of drug-likeness (QED) is 0.407. The lowest BCUT2D eigenvalue weighted by atomic mass is 10.1. The zero-order valence-corrected chi connectivity index (χ0v) is 12.2. The number of rotatable bonds is 13. The molecule has 0 fully saturated rings. The molecule has 0 amide bonds. The molecule has 0 aromatic rings. The molecule has 0 aromatic carbocycles. The van der Waals surface area contributed by atoms with Gasteiger partial charge in [-0.05, 0) is 19.3 Å². The van der Waals surface area contributed by atoms with Crippen molar-refractivity contribution in [2.45, 2.75) is 77.6 Å². The molecule has 0 spiro atoms. The van der Waals surface area contributed by atoms with E-state index < -0.39 is 5.97 Å². The van der Waals surface area contributed by atoms with Crippen LogP contribution in [0.1, 0.15) is 77.6 Å². The van der Waals surface area contributed by atoms with Crippen LogP contribution in [0.5, 0.6) is 0 Å². The van der Waals surface area contributed by atoms with Crippen molar-refractivity contribution in [2.24, 2.45) is 0 Å². The molecule has 0 saturated heterocycles. The number of hydrogen-bond donors (Lipinski definition) is 1. The number of carbonyl (C=O) groups excluding carboxylic acids is 1. The Labute approximate surface area is 116 Å². The standard InChI is InChI=1S/C15H28O4/c1-2-3-13-19-15(18)12-10-8-6-4-5-7-9-11-14(16)17/h2-13H2,1H3,(H,16,17). The summed E-state index contributed by atoms with van der Waals surface area (Å²) in [5, 5.41) is 8.47. The van der Waals surface area contributed by atoms with E-state index in [0.29, 0.717) is 13.0 Å². The molecule has 0 atom stereocenters. The van der Waals surface area contributed by atoms with E-state index in [1.54, 1.807) is 0 Å². The summed E-state index contributed by atoms with van der Waals surface area (Å²) < 4.78 is 5.07. The lowest BCUT2D eigenvalue weighted by Gasteiger charge is -2.04. The van der Waals surface area contributed by atoms with Gasteiger partial charge in [-0.1, -0.05) is 45.4 Å². The minimum absolute atomic E-state index is 0.0742. The predicted octanol–water partition coefficient (Wildman–Crippen LogP) is 3.93. The Bertz CT molecular complexity index is 238. The van der Waals surface area contributed by atoms with Crippen molar-refractivity contribution in [1.29, 1.82) is 0 Å². The van der Waals surface area contributed by atoms with Crippen molar-refractivity contribution in [3.8, 4) is 0 Å². The van der Waals surface area contributed by atoms with E-state index in [2.05, 4.69) is 6.92 Å². The first-order chi connectivity index (χ1) is 9.16. The van der Waals surface area contributed by atoms with Crippen LogP contribution in [-0.4, -0.2) is 23.7 Å². The number of esters is 1. The number of unbranched alkanes of at least 4 members (excludes halogenated alkanes) is 7. The van der Waals surface area contributed by atoms with Crippen molar-refractivity contribution in [1.82, 2.24) is 0 Å². The van der Waals surface area contributed by atoms with Crippen molar-refractivity contribution < 1.29 is 19.4 Å². The van der Waals surface area contributed by atoms with Crippen LogP contribution in [0, 0.1) is 0 Å². The molecule has 0 aromatic heterocycles. The minimum Gasteiger partial charge on any atom is -0.481 e. The highest BCUT2D eigenvalue weighted by Gasteiger charge is 2.02. The van der Waals surface area contributed by atoms with Gasteiger partial charge in [0.25, 0.3) is 0 Å². The van der Waals surface area contributed by atoms with Gasteiger partial charge in [0.15, 0.2) is 0 Å². The van der Waals surface area contributed by atoms with Crippen LogP contribution in [0.4, 0.5) is 0 Å². The van der Waals surface area contributed by atoms with Crippen LogP contribution < -0.4 is 0 Å². The lowest BCUT2D eigenvalue weighted by molar-refractivity contribution is -0.144. The number of hydrogen-bond acceptors (Lipinski definition) is 3. The van der Waals surface area contributed by atoms with Crippen LogP contribution in [0.3, 0.4) is 0 Å². The third-order valence-corrected chi connectivity index (χ3v) is 3.03. The van der Waals surface area contributed by atoms with Gasteiger partial charge >= 0.3 is 11.9 Å². The molecule has 0 rings (SSSR count). The van der Waals surface area contributed by atoms with E-state index in [9.17, 15) is 9.59 Å². The second-order valence-corrected chi connectivity index (χ2v) is 4.94. The number of aliphatic carboxylic acids is 1. The molecule has 0 aliphatic heterocycles. The largest absolute Gasteiger partial charge is 0.481 e. The summed E-state index contributed by atoms with van der Waals surface area (Å²) >= 11 is 0. The maximum Gasteiger partial charge on any atom is 0.305 e. The van der Waals surface area contributed by atoms with E-state index in [1.165, 1.54) is 0 Å². The van der Waals surface area contributed by atoms with Crippen LogP contribution >= 0.6 is 0 Å². The van der Waals surface area contributed by atoms with Crippen LogP contribution in [0.25, 0.3) is 0 Å². The molecule has 112 valence electrons. The van der Waals surface area contributed by atoms with Gasteiger partial charge in [0.1, 0.15) is 0 Å². The van der Waals surface area contributed by atoms with Crippen molar-refractivity contribution in [3.63, 3.8) is 0 Å². The van der Waals surface area contributed by atoms with Crippen molar-refractivity contribution in [3.05, 3.63) is 0 Å². The summed E-state index contributed by atoms with van der Waals surface area (Å²) in [5.41, 5.74) is 0. The fourth-order valence-electron chi connectivity index (χ4n) is 1.83. The minimum atomic E-state index is -0.707. The summed E-state index contributed by atoms with van der Waals surface area (Å²) in [5.74, 6) is -0.781. The summed E-state index contributed by atoms with van der Waals surface area (Å²) in [6.07, 6.45) is 9.88. The maximum atomic E-state index is 11.3. The van der Waals surface area contributed by atoms with Gasteiger partial charge in [0.05, 0.1) is 6.61 Å². The van der Waals surface area contributed by atoms with Gasteiger partial charge in [0.2, 0.25) is 0 Å². The molecule has 0 heterocycles. The van der Waals surface area contributed by atoms with Gasteiger partial charge in [-0.2, -0.15) is 0 Å². The molecule has 19 heavy (non-hydrogen) atoms. The first kappa shape index (κ1) is 17.9. The van der Waals surface area contributed by atoms with E-state index >= 15 is 0 Å². The normalized spacial score (nSPS) is 10.4. The molecular formula is C15H28O4. The Morgan fingerprint density at radius 2 is 1.37 bits per heavy atom. The summed E-state index contributed by atoms with van der Waals surface area (Å²) in [7, 11) is 0. The lowest BCUT2D eigenvalue weighted by Crippen LogP contribution is -2.05. The number of ether oxygens (including phenoxy) is 1. The highest BCUT2D eigenvalue weighted by Crippen LogP contribution is 2.10. The second-order valence-electron chi connectivity index (χ2n) is 4.94. The van der Waals surface area contributed by atoms with Gasteiger partial charge in [0, 0.05) is 12.8 Å². The van der Waals surface area contributed by atoms with Crippen LogP contribution in [0.15, 0.2) is 0 Å². The average Bonchev–Trinajstić information content (AvgIpc) is 2.36. The molecule has 0 aliphatic carbocycles. The van der Waals surface area contributed by atoms with Crippen molar-refractivity contribution >= 4 is 11.9 Å². The molecule has 4 heteroatoms. The molecule has 0 unspecified atom stereocenters. The number of carboxylic acids is 1. The van der Waals surface area contributed by atoms with E-state index in [-0.39, 0.29) is 12.4 Å². The Morgan fingerprint density at radius 3 is 1.89 bits per heavy atom. The Hall–Kier alpha value is -1.06. The van der Waals surface area contributed by atoms with Gasteiger partial charge in [-0.3, -0.25) is 9.59 Å². The first-order valence-electron chi connectivity index (χ1n) is 7.54. The van der Waals surface area contributed by atoms with E-state index in [1.807, 2.05) is 0 Å². The predicted molar refractivity (Wildman–Crippen MR) is 75.1 cm³/mol. The number of carbonyl (C=O) groups is 2. The Kier molecular flexibility index (Phi) is 12.6. The highest BCUT2D eigenvalue weighted by molar-refractivity contribution is 5.69. The zero-order valence-electron chi connectivity index (χ0n) is 12.2. The fraction of sp³-hybridized carbons (Fsp3) is 0.867. The van der Waals surface area contributed by atoms with Crippen molar-refractivity contribution in [2.75, 3.05) is 6.61 Å². The first-order valence-corrected chi connectivity index (χ1v) is 7.54. The summed E-state index contributed by atoms with van der Waals surface area (Å²) in [6.45, 7) is 2.63. The summed E-state index contributed by atoms with van der Waals surface area (Å²) in [6, 6.07) is 0. The van der Waals surface area contributed by atoms with E-state index in [4.69, 9.17) is 9.84 Å². The monoisotopic (exact) mass is 272 g/mol. The van der Waals surface area contributed by atoms with Crippen LogP contribution in [0.2, 0.25) is 0 Å². The third-order valence-electron chi connectivity index (χ3n) is 3.03. The average molecular weight is 272 g/mol. The Morgan fingerprint density at radius 1 is 0.842 bits per heavy atom. The topological polar surface area (TPSA) is 63.6 Å². The highest BCUT2D eigenvalue weighted by atomic mass is 16.5. The second kappa shape index (κ2) is 13.4. The molecule has 0 aliphatic rings. The molecule has 1 N–H and O–H groups in total. The third kappa shape index (κ3) is 14.9.